The number of hydrogen-bond acceptors (Lipinski definition) is 5. The molecule has 1 aromatic carbocycles. The first-order valence-corrected chi connectivity index (χ1v) is 6.06. The summed E-state index contributed by atoms with van der Waals surface area (Å²) in [6, 6.07) is 7.99. The predicted molar refractivity (Wildman–Crippen MR) is 71.7 cm³/mol. The van der Waals surface area contributed by atoms with Crippen molar-refractivity contribution < 1.29 is 14.2 Å². The van der Waals surface area contributed by atoms with Crippen LogP contribution >= 0.6 is 0 Å². The normalized spacial score (nSPS) is 16.1. The second-order valence-corrected chi connectivity index (χ2v) is 4.78. The number of hydrogen-bond donors (Lipinski definition) is 0. The van der Waals surface area contributed by atoms with Crippen molar-refractivity contribution in [2.75, 3.05) is 45.9 Å². The maximum Gasteiger partial charge on any atom is 0.145 e. The molecule has 19 heavy (non-hydrogen) atoms. The van der Waals surface area contributed by atoms with Crippen molar-refractivity contribution in [3.8, 4) is 17.6 Å². The molecule has 1 fully saturated rings. The van der Waals surface area contributed by atoms with Crippen LogP contribution in [-0.4, -0.2) is 41.0 Å². The quantitative estimate of drug-likeness (QED) is 0.808. The summed E-state index contributed by atoms with van der Waals surface area (Å²) < 4.78 is 15.7. The van der Waals surface area contributed by atoms with E-state index in [1.54, 1.807) is 14.2 Å². The van der Waals surface area contributed by atoms with Crippen LogP contribution in [0.15, 0.2) is 18.2 Å². The number of nitriles is 1. The van der Waals surface area contributed by atoms with Crippen LogP contribution in [0, 0.1) is 16.7 Å². The molecule has 1 aliphatic rings. The smallest absolute Gasteiger partial charge is 0.145 e. The van der Waals surface area contributed by atoms with E-state index in [0.717, 1.165) is 17.2 Å². The molecule has 5 nitrogen and oxygen atoms in total. The highest BCUT2D eigenvalue weighted by Crippen LogP contribution is 2.35. The Morgan fingerprint density at radius 3 is 2.58 bits per heavy atom. The van der Waals surface area contributed by atoms with Gasteiger partial charge in [-0.1, -0.05) is 0 Å². The van der Waals surface area contributed by atoms with E-state index in [4.69, 9.17) is 14.2 Å². The fraction of sp³-hybridized carbons (Fsp3) is 0.500. The molecular formula is C14H18N2O3. The first kappa shape index (κ1) is 13.5. The molecule has 1 aliphatic heterocycles. The molecule has 2 rings (SSSR count). The van der Waals surface area contributed by atoms with Crippen LogP contribution in [0.5, 0.6) is 11.5 Å². The molecule has 0 unspecified atom stereocenters. The van der Waals surface area contributed by atoms with Gasteiger partial charge in [-0.2, -0.15) is 5.26 Å². The second-order valence-electron chi connectivity index (χ2n) is 4.78. The van der Waals surface area contributed by atoms with Crippen molar-refractivity contribution in [1.82, 2.24) is 0 Å². The molecule has 0 bridgehead atoms. The zero-order valence-corrected chi connectivity index (χ0v) is 11.5. The molecule has 0 amide bonds. The van der Waals surface area contributed by atoms with Gasteiger partial charge in [0.2, 0.25) is 0 Å². The first-order valence-electron chi connectivity index (χ1n) is 6.06. The highest BCUT2D eigenvalue weighted by Gasteiger charge is 2.40. The van der Waals surface area contributed by atoms with Gasteiger partial charge in [0, 0.05) is 19.7 Å². The van der Waals surface area contributed by atoms with Crippen LogP contribution in [0.4, 0.5) is 5.69 Å². The molecule has 0 saturated carbocycles. The molecule has 0 aromatic heterocycles. The van der Waals surface area contributed by atoms with Gasteiger partial charge in [0.15, 0.2) is 0 Å². The van der Waals surface area contributed by atoms with Crippen molar-refractivity contribution in [3.05, 3.63) is 18.2 Å². The molecule has 102 valence electrons. The van der Waals surface area contributed by atoms with Gasteiger partial charge in [-0.3, -0.25) is 0 Å². The number of nitrogens with zero attached hydrogens (tertiary/aromatic N) is 2. The summed E-state index contributed by atoms with van der Waals surface area (Å²) >= 11 is 0. The maximum atomic E-state index is 9.23. The summed E-state index contributed by atoms with van der Waals surface area (Å²) in [4.78, 5) is 2.02. The van der Waals surface area contributed by atoms with Gasteiger partial charge in [0.1, 0.15) is 16.9 Å². The van der Waals surface area contributed by atoms with E-state index in [9.17, 15) is 5.26 Å². The van der Waals surface area contributed by atoms with Crippen molar-refractivity contribution in [3.63, 3.8) is 0 Å². The topological polar surface area (TPSA) is 54.7 Å². The monoisotopic (exact) mass is 262 g/mol. The Balaban J connectivity index is 2.19. The van der Waals surface area contributed by atoms with Crippen LogP contribution in [0.3, 0.4) is 0 Å². The lowest BCUT2D eigenvalue weighted by molar-refractivity contribution is -0.0716. The lowest BCUT2D eigenvalue weighted by atomic mass is 9.87. The van der Waals surface area contributed by atoms with Gasteiger partial charge in [0.25, 0.3) is 0 Å². The highest BCUT2D eigenvalue weighted by molar-refractivity contribution is 5.61. The molecule has 1 saturated heterocycles. The minimum Gasteiger partial charge on any atom is -0.497 e. The Hall–Kier alpha value is -1.93. The highest BCUT2D eigenvalue weighted by atomic mass is 16.5. The average molecular weight is 262 g/mol. The summed E-state index contributed by atoms with van der Waals surface area (Å²) in [6.07, 6.45) is 0. The first-order chi connectivity index (χ1) is 9.14. The number of benzene rings is 1. The van der Waals surface area contributed by atoms with E-state index in [-0.39, 0.29) is 0 Å². The molecule has 1 heterocycles. The van der Waals surface area contributed by atoms with E-state index in [0.29, 0.717) is 19.8 Å². The Labute approximate surface area is 113 Å². The standard InChI is InChI=1S/C14H18N2O3/c1-16(8-14(7-15)9-19-10-14)12-5-4-11(17-2)6-13(12)18-3/h4-6H,8-10H2,1-3H3. The lowest BCUT2D eigenvalue weighted by Crippen LogP contribution is -2.49. The molecular weight excluding hydrogens is 244 g/mol. The minimum atomic E-state index is -0.403. The maximum absolute atomic E-state index is 9.23. The van der Waals surface area contributed by atoms with Crippen molar-refractivity contribution in [1.29, 1.82) is 5.26 Å². The zero-order valence-electron chi connectivity index (χ0n) is 11.5. The summed E-state index contributed by atoms with van der Waals surface area (Å²) in [5.41, 5.74) is 0.532. The number of methoxy groups -OCH3 is 2. The minimum absolute atomic E-state index is 0.403. The summed E-state index contributed by atoms with van der Waals surface area (Å²) in [5.74, 6) is 1.48. The van der Waals surface area contributed by atoms with Crippen LogP contribution in [0.25, 0.3) is 0 Å². The van der Waals surface area contributed by atoms with Crippen molar-refractivity contribution in [2.24, 2.45) is 5.41 Å². The number of rotatable bonds is 5. The summed E-state index contributed by atoms with van der Waals surface area (Å²) in [7, 11) is 5.19. The van der Waals surface area contributed by atoms with Crippen LogP contribution in [-0.2, 0) is 4.74 Å². The Bertz CT molecular complexity index is 492. The average Bonchev–Trinajstić information content (AvgIpc) is 2.41. The van der Waals surface area contributed by atoms with Gasteiger partial charge in [-0.05, 0) is 12.1 Å². The van der Waals surface area contributed by atoms with Crippen molar-refractivity contribution >= 4 is 5.69 Å². The van der Waals surface area contributed by atoms with Crippen LogP contribution in [0.1, 0.15) is 0 Å². The molecule has 0 N–H and O–H groups in total. The Kier molecular flexibility index (Phi) is 3.82. The van der Waals surface area contributed by atoms with E-state index in [1.165, 1.54) is 0 Å². The molecule has 0 aliphatic carbocycles. The molecule has 5 heteroatoms. The predicted octanol–water partition coefficient (Wildman–Crippen LogP) is 1.68. The molecule has 0 radical (unpaired) electrons. The van der Waals surface area contributed by atoms with Crippen molar-refractivity contribution in [2.45, 2.75) is 0 Å². The lowest BCUT2D eigenvalue weighted by Gasteiger charge is -2.38. The van der Waals surface area contributed by atoms with Gasteiger partial charge >= 0.3 is 0 Å². The van der Waals surface area contributed by atoms with E-state index >= 15 is 0 Å². The SMILES string of the molecule is COc1ccc(N(C)CC2(C#N)COC2)c(OC)c1. The summed E-state index contributed by atoms with van der Waals surface area (Å²) in [6.45, 7) is 1.60. The zero-order chi connectivity index (χ0) is 13.9. The molecule has 0 spiro atoms. The van der Waals surface area contributed by atoms with Crippen LogP contribution in [0.2, 0.25) is 0 Å². The van der Waals surface area contributed by atoms with Gasteiger partial charge in [0.05, 0.1) is 39.2 Å². The fourth-order valence-corrected chi connectivity index (χ4v) is 2.18. The van der Waals surface area contributed by atoms with E-state index < -0.39 is 5.41 Å². The third-order valence-electron chi connectivity index (χ3n) is 3.33. The largest absolute Gasteiger partial charge is 0.497 e. The molecule has 1 aromatic rings. The van der Waals surface area contributed by atoms with E-state index in [1.807, 2.05) is 30.1 Å². The van der Waals surface area contributed by atoms with Crippen LogP contribution < -0.4 is 14.4 Å². The van der Waals surface area contributed by atoms with E-state index in [2.05, 4.69) is 6.07 Å². The Morgan fingerprint density at radius 2 is 2.11 bits per heavy atom. The summed E-state index contributed by atoms with van der Waals surface area (Å²) in [5, 5.41) is 9.23. The fourth-order valence-electron chi connectivity index (χ4n) is 2.18. The third kappa shape index (κ3) is 2.59. The van der Waals surface area contributed by atoms with Gasteiger partial charge in [-0.25, -0.2) is 0 Å². The Morgan fingerprint density at radius 1 is 1.37 bits per heavy atom. The van der Waals surface area contributed by atoms with Gasteiger partial charge < -0.3 is 19.1 Å². The van der Waals surface area contributed by atoms with Gasteiger partial charge in [-0.15, -0.1) is 0 Å². The number of ether oxygens (including phenoxy) is 3. The molecule has 0 atom stereocenters. The second kappa shape index (κ2) is 5.37. The number of anilines is 1. The third-order valence-corrected chi connectivity index (χ3v) is 3.33.